The number of thiazole rings is 1. The van der Waals surface area contributed by atoms with E-state index in [0.717, 1.165) is 75.2 Å². The van der Waals surface area contributed by atoms with Gasteiger partial charge in [-0.3, -0.25) is 24.4 Å². The fourth-order valence-corrected chi connectivity index (χ4v) is 11.0. The van der Waals surface area contributed by atoms with Gasteiger partial charge in [0.1, 0.15) is 18.2 Å². The van der Waals surface area contributed by atoms with E-state index in [4.69, 9.17) is 20.2 Å². The van der Waals surface area contributed by atoms with E-state index in [-0.39, 0.29) is 42.8 Å². The lowest BCUT2D eigenvalue weighted by Gasteiger charge is -2.35. The van der Waals surface area contributed by atoms with Crippen molar-refractivity contribution in [2.75, 3.05) is 26.0 Å². The molecule has 320 valence electrons. The zero-order valence-electron chi connectivity index (χ0n) is 35.7. The monoisotopic (exact) mass is 853 g/mol. The first-order chi connectivity index (χ1) is 28.9. The van der Waals surface area contributed by atoms with Crippen molar-refractivity contribution >= 4 is 58.1 Å². The van der Waals surface area contributed by atoms with Crippen molar-refractivity contribution in [3.05, 3.63) is 86.0 Å². The van der Waals surface area contributed by atoms with Gasteiger partial charge in [0.2, 0.25) is 5.91 Å². The molecule has 12 nitrogen and oxygen atoms in total. The first kappa shape index (κ1) is 42.5. The lowest BCUT2D eigenvalue weighted by atomic mass is 9.80. The molecule has 6 bridgehead atoms. The molecule has 0 saturated carbocycles. The lowest BCUT2D eigenvalue weighted by molar-refractivity contribution is -0.155. The maximum Gasteiger partial charge on any atom is 0.324 e. The van der Waals surface area contributed by atoms with Gasteiger partial charge in [-0.05, 0) is 85.8 Å². The highest BCUT2D eigenvalue weighted by molar-refractivity contribution is 8.07. The Morgan fingerprint density at radius 1 is 1.22 bits per heavy atom. The number of nitrogens with two attached hydrogens (primary N) is 1. The molecule has 4 N–H and O–H groups in total. The number of allylic oxidation sites excluding steroid dienone is 4. The molecular formula is C46H59N7O5S2. The van der Waals surface area contributed by atoms with Gasteiger partial charge in [0.25, 0.3) is 5.91 Å². The van der Waals surface area contributed by atoms with Crippen molar-refractivity contribution in [3.8, 4) is 0 Å². The summed E-state index contributed by atoms with van der Waals surface area (Å²) in [6.07, 6.45) is 13.0. The van der Waals surface area contributed by atoms with Gasteiger partial charge in [-0.15, -0.1) is 11.3 Å². The first-order valence-corrected chi connectivity index (χ1v) is 23.5. The molecule has 0 aromatic carbocycles. The van der Waals surface area contributed by atoms with Gasteiger partial charge < -0.3 is 25.1 Å². The second kappa shape index (κ2) is 17.6. The highest BCUT2D eigenvalue weighted by Gasteiger charge is 2.40. The largest absolute Gasteiger partial charge is 0.464 e. The van der Waals surface area contributed by atoms with E-state index >= 15 is 0 Å². The number of carbonyl (C=O) groups excluding carboxylic acids is 3. The quantitative estimate of drug-likeness (QED) is 0.134. The summed E-state index contributed by atoms with van der Waals surface area (Å²) in [5.74, 6) is -0.0265. The fourth-order valence-electron chi connectivity index (χ4n) is 9.40. The lowest BCUT2D eigenvalue weighted by Crippen LogP contribution is -2.60. The minimum absolute atomic E-state index is 0.155. The Morgan fingerprint density at radius 2 is 2.03 bits per heavy atom. The number of nitrogens with zero attached hydrogens (tertiary/aromatic N) is 4. The predicted molar refractivity (Wildman–Crippen MR) is 238 cm³/mol. The van der Waals surface area contributed by atoms with Crippen LogP contribution in [0.15, 0.2) is 41.6 Å². The van der Waals surface area contributed by atoms with Crippen molar-refractivity contribution in [1.29, 1.82) is 0 Å². The number of esters is 1. The first-order valence-electron chi connectivity index (χ1n) is 21.6. The van der Waals surface area contributed by atoms with Gasteiger partial charge in [0.05, 0.1) is 23.0 Å². The Bertz CT molecular complexity index is 2210. The molecule has 3 unspecified atom stereocenters. The fraction of sp³-hybridized carbons (Fsp3) is 0.543. The number of cyclic esters (lactones) is 1. The molecule has 14 heteroatoms. The van der Waals surface area contributed by atoms with Crippen LogP contribution in [0.3, 0.4) is 0 Å². The molecular weight excluding hydrogens is 795 g/mol. The molecule has 0 radical (unpaired) electrons. The van der Waals surface area contributed by atoms with Gasteiger partial charge in [-0.1, -0.05) is 45.9 Å². The Morgan fingerprint density at radius 3 is 2.77 bits per heavy atom. The molecule has 2 saturated heterocycles. The normalized spacial score (nSPS) is 26.1. The van der Waals surface area contributed by atoms with Crippen LogP contribution in [0.2, 0.25) is 0 Å². The number of nitrogens with one attached hydrogen (secondary N) is 2. The van der Waals surface area contributed by atoms with Crippen LogP contribution in [-0.4, -0.2) is 86.8 Å². The number of hydrogen-bond acceptors (Lipinski definition) is 11. The van der Waals surface area contributed by atoms with E-state index < -0.39 is 23.5 Å². The van der Waals surface area contributed by atoms with E-state index in [1.807, 2.05) is 23.9 Å². The van der Waals surface area contributed by atoms with Gasteiger partial charge >= 0.3 is 5.97 Å². The second-order valence-electron chi connectivity index (χ2n) is 17.7. The maximum atomic E-state index is 14.4. The van der Waals surface area contributed by atoms with E-state index in [9.17, 15) is 14.4 Å². The van der Waals surface area contributed by atoms with Crippen LogP contribution >= 0.6 is 23.1 Å². The number of hydrazine groups is 1. The number of fused-ring (bicyclic) bond motifs is 6. The molecule has 3 aliphatic heterocycles. The average Bonchev–Trinajstić information content (AvgIpc) is 3.68. The molecule has 3 aromatic heterocycles. The Balaban J connectivity index is 1.22. The third-order valence-electron chi connectivity index (χ3n) is 12.6. The summed E-state index contributed by atoms with van der Waals surface area (Å²) < 4.78 is 14.7. The molecule has 3 aromatic rings. The molecule has 8 rings (SSSR count). The summed E-state index contributed by atoms with van der Waals surface area (Å²) in [5.41, 5.74) is 20.3. The maximum absolute atomic E-state index is 14.4. The van der Waals surface area contributed by atoms with Crippen LogP contribution in [0, 0.1) is 17.3 Å². The van der Waals surface area contributed by atoms with Gasteiger partial charge in [0.15, 0.2) is 0 Å². The summed E-state index contributed by atoms with van der Waals surface area (Å²) in [6, 6.07) is 2.31. The highest BCUT2D eigenvalue weighted by Crippen LogP contribution is 2.45. The molecule has 2 amide bonds. The molecule has 6 heterocycles. The predicted octanol–water partition coefficient (Wildman–Crippen LogP) is 5.92. The number of amides is 2. The zero-order valence-corrected chi connectivity index (χ0v) is 37.3. The van der Waals surface area contributed by atoms with Crippen molar-refractivity contribution < 1.29 is 23.9 Å². The van der Waals surface area contributed by atoms with E-state index in [2.05, 4.69) is 78.5 Å². The van der Waals surface area contributed by atoms with Crippen LogP contribution in [0.5, 0.6) is 0 Å². The van der Waals surface area contributed by atoms with Crippen molar-refractivity contribution in [3.63, 3.8) is 0 Å². The van der Waals surface area contributed by atoms with Crippen LogP contribution in [-0.2, 0) is 62.5 Å². The van der Waals surface area contributed by atoms with Crippen LogP contribution < -0.4 is 16.5 Å². The summed E-state index contributed by atoms with van der Waals surface area (Å²) in [4.78, 5) is 51.9. The SMILES string of the molecule is CC/C=C\C(=C(/N)[C@@H](OC)C1CS1)c1c2c3c(n1CC)CC(C)C(=C3)c1csc(n1)C[C@H](NC(=O)C1Cc3cccnc3C1)C(=O)N1CCC[C@H](N1)C(=O)OCC(C)(C)C2. The van der Waals surface area contributed by atoms with E-state index in [1.54, 1.807) is 13.3 Å². The summed E-state index contributed by atoms with van der Waals surface area (Å²) >= 11 is 3.38. The zero-order chi connectivity index (χ0) is 42.3. The number of thioether (sulfide) groups is 1. The molecule has 6 atom stereocenters. The van der Waals surface area contributed by atoms with Crippen LogP contribution in [0.1, 0.15) is 98.4 Å². The van der Waals surface area contributed by atoms with E-state index in [1.165, 1.54) is 27.6 Å². The van der Waals surface area contributed by atoms with Gasteiger partial charge in [-0.25, -0.2) is 10.4 Å². The number of methoxy groups -OCH3 is 1. The molecule has 5 aliphatic rings. The van der Waals surface area contributed by atoms with Crippen molar-refractivity contribution in [2.24, 2.45) is 23.0 Å². The highest BCUT2D eigenvalue weighted by atomic mass is 32.2. The third-order valence-corrected chi connectivity index (χ3v) is 14.4. The molecule has 0 spiro atoms. The number of rotatable bonds is 9. The molecule has 2 aliphatic carbocycles. The standard InChI is InChI=1S/C46H59N7O5S2/c1-7-9-13-29(40(47)42(57-6)38-24-59-38)41-32-22-46(4,5)25-58-45(56)33-14-11-16-53(51-33)44(55)35(50-43(54)28-18-27-12-10-15-48-34(27)19-28)21-39-49-36(23-60-39)30-20-31(32)37(17-26(30)3)52(41)8-2/h9-10,12-13,15,20,23,26,28,33,35,38,42,51H,7-8,11,14,16-19,21-22,24-25,47H2,1-6H3,(H,50,54)/b13-9-,40-29+/t26?,28?,33-,35-,38?,42-/m0/s1. The number of pyridine rings is 1. The number of hydrogen-bond donors (Lipinski definition) is 3. The Labute approximate surface area is 361 Å². The number of aromatic nitrogens is 3. The Hall–Kier alpha value is -4.24. The Kier molecular flexibility index (Phi) is 12.5. The third kappa shape index (κ3) is 8.62. The van der Waals surface area contributed by atoms with E-state index in [0.29, 0.717) is 43.9 Å². The van der Waals surface area contributed by atoms with Crippen molar-refractivity contribution in [2.45, 2.75) is 116 Å². The average molecular weight is 854 g/mol. The minimum Gasteiger partial charge on any atom is -0.464 e. The molecule has 60 heavy (non-hydrogen) atoms. The molecule has 2 fully saturated rings. The second-order valence-corrected chi connectivity index (χ2v) is 19.9. The summed E-state index contributed by atoms with van der Waals surface area (Å²) in [5, 5.41) is 7.79. The van der Waals surface area contributed by atoms with Crippen LogP contribution in [0.4, 0.5) is 0 Å². The number of ether oxygens (including phenoxy) is 2. The van der Waals surface area contributed by atoms with Gasteiger partial charge in [-0.2, -0.15) is 11.8 Å². The smallest absolute Gasteiger partial charge is 0.324 e. The van der Waals surface area contributed by atoms with Crippen LogP contribution in [0.25, 0.3) is 17.2 Å². The van der Waals surface area contributed by atoms with Crippen molar-refractivity contribution in [1.82, 2.24) is 30.3 Å². The summed E-state index contributed by atoms with van der Waals surface area (Å²) in [6.45, 7) is 12.2. The topological polar surface area (TPSA) is 154 Å². The number of carbonyl (C=O) groups is 3. The van der Waals surface area contributed by atoms with Gasteiger partial charge in [0, 0.05) is 89.6 Å². The summed E-state index contributed by atoms with van der Waals surface area (Å²) in [7, 11) is 1.75. The minimum atomic E-state index is -0.887.